The fraction of sp³-hybridized carbons (Fsp3) is 0.435. The molecule has 136 valence electrons. The molecule has 2 aromatic carbocycles. The molecule has 0 radical (unpaired) electrons. The SMILES string of the molecule is S=C(N[C@H]1C[C@H]2CC[C@@H]1C2)N(CCc1ccccc1)Cc1ccccc1. The Morgan fingerprint density at radius 1 is 0.923 bits per heavy atom. The van der Waals surface area contributed by atoms with Gasteiger partial charge in [-0.2, -0.15) is 0 Å². The molecule has 3 atom stereocenters. The summed E-state index contributed by atoms with van der Waals surface area (Å²) in [7, 11) is 0. The Bertz CT molecular complexity index is 716. The van der Waals surface area contributed by atoms with Gasteiger partial charge in [-0.1, -0.05) is 67.1 Å². The predicted molar refractivity (Wildman–Crippen MR) is 112 cm³/mol. The van der Waals surface area contributed by atoms with Gasteiger partial charge in [-0.15, -0.1) is 0 Å². The van der Waals surface area contributed by atoms with Crippen molar-refractivity contribution in [1.29, 1.82) is 0 Å². The number of thiocarbonyl (C=S) groups is 1. The Balaban J connectivity index is 1.41. The monoisotopic (exact) mass is 364 g/mol. The van der Waals surface area contributed by atoms with Crippen LogP contribution in [0.2, 0.25) is 0 Å². The highest BCUT2D eigenvalue weighted by atomic mass is 32.1. The summed E-state index contributed by atoms with van der Waals surface area (Å²) in [6.45, 7) is 1.83. The third-order valence-corrected chi connectivity index (χ3v) is 6.44. The minimum Gasteiger partial charge on any atom is -0.360 e. The molecule has 26 heavy (non-hydrogen) atoms. The third kappa shape index (κ3) is 4.27. The lowest BCUT2D eigenvalue weighted by Crippen LogP contribution is -2.46. The van der Waals surface area contributed by atoms with Crippen LogP contribution in [0.4, 0.5) is 0 Å². The van der Waals surface area contributed by atoms with Crippen molar-refractivity contribution in [2.24, 2.45) is 11.8 Å². The van der Waals surface area contributed by atoms with Crippen molar-refractivity contribution in [1.82, 2.24) is 10.2 Å². The van der Waals surface area contributed by atoms with Gasteiger partial charge in [0.2, 0.25) is 0 Å². The molecular formula is C23H28N2S. The molecule has 2 nitrogen and oxygen atoms in total. The zero-order valence-electron chi connectivity index (χ0n) is 15.3. The first-order valence-electron chi connectivity index (χ1n) is 9.91. The second-order valence-corrected chi connectivity index (χ2v) is 8.26. The Hall–Kier alpha value is -1.87. The molecule has 2 aliphatic rings. The largest absolute Gasteiger partial charge is 0.360 e. The van der Waals surface area contributed by atoms with Gasteiger partial charge in [-0.05, 0) is 60.9 Å². The standard InChI is InChI=1S/C23H28N2S/c26-23(24-22-16-20-11-12-21(22)15-20)25(17-19-9-5-2-6-10-19)14-13-18-7-3-1-4-8-18/h1-10,20-22H,11-17H2,(H,24,26)/t20-,21+,22-/m0/s1. The molecule has 2 saturated carbocycles. The van der Waals surface area contributed by atoms with Crippen LogP contribution in [0.15, 0.2) is 60.7 Å². The van der Waals surface area contributed by atoms with Crippen LogP contribution in [-0.2, 0) is 13.0 Å². The molecule has 0 unspecified atom stereocenters. The second-order valence-electron chi connectivity index (χ2n) is 7.87. The zero-order chi connectivity index (χ0) is 17.8. The smallest absolute Gasteiger partial charge is 0.169 e. The average molecular weight is 365 g/mol. The fourth-order valence-corrected chi connectivity index (χ4v) is 4.94. The van der Waals surface area contributed by atoms with Gasteiger partial charge in [0, 0.05) is 19.1 Å². The molecule has 0 amide bonds. The maximum absolute atomic E-state index is 5.86. The van der Waals surface area contributed by atoms with Gasteiger partial charge in [0.15, 0.2) is 5.11 Å². The summed E-state index contributed by atoms with van der Waals surface area (Å²) in [6.07, 6.45) is 6.54. The van der Waals surface area contributed by atoms with Crippen molar-refractivity contribution >= 4 is 17.3 Å². The van der Waals surface area contributed by atoms with E-state index in [0.29, 0.717) is 6.04 Å². The maximum Gasteiger partial charge on any atom is 0.169 e. The van der Waals surface area contributed by atoms with E-state index in [-0.39, 0.29) is 0 Å². The van der Waals surface area contributed by atoms with Gasteiger partial charge in [-0.25, -0.2) is 0 Å². The van der Waals surface area contributed by atoms with Crippen molar-refractivity contribution in [2.45, 2.75) is 44.7 Å². The highest BCUT2D eigenvalue weighted by Crippen LogP contribution is 2.44. The van der Waals surface area contributed by atoms with Crippen molar-refractivity contribution in [2.75, 3.05) is 6.54 Å². The molecule has 1 N–H and O–H groups in total. The van der Waals surface area contributed by atoms with E-state index in [0.717, 1.165) is 36.5 Å². The minimum absolute atomic E-state index is 0.594. The molecule has 4 rings (SSSR count). The highest BCUT2D eigenvalue weighted by molar-refractivity contribution is 7.80. The molecular weight excluding hydrogens is 336 g/mol. The number of nitrogens with zero attached hydrogens (tertiary/aromatic N) is 1. The summed E-state index contributed by atoms with van der Waals surface area (Å²) in [5.74, 6) is 1.78. The van der Waals surface area contributed by atoms with Gasteiger partial charge in [0.05, 0.1) is 0 Å². The summed E-state index contributed by atoms with van der Waals surface area (Å²) in [5, 5.41) is 4.66. The predicted octanol–water partition coefficient (Wildman–Crippen LogP) is 4.79. The molecule has 0 aliphatic heterocycles. The van der Waals surface area contributed by atoms with Crippen LogP contribution in [0.25, 0.3) is 0 Å². The third-order valence-electron chi connectivity index (χ3n) is 6.06. The van der Waals surface area contributed by atoms with Crippen LogP contribution in [-0.4, -0.2) is 22.6 Å². The molecule has 3 heteroatoms. The van der Waals surface area contributed by atoms with Gasteiger partial charge in [0.1, 0.15) is 0 Å². The summed E-state index contributed by atoms with van der Waals surface area (Å²) in [5.41, 5.74) is 2.69. The number of hydrogen-bond acceptors (Lipinski definition) is 1. The number of benzene rings is 2. The van der Waals surface area contributed by atoms with E-state index in [4.69, 9.17) is 12.2 Å². The van der Waals surface area contributed by atoms with Crippen molar-refractivity contribution < 1.29 is 0 Å². The molecule has 2 bridgehead atoms. The Kier molecular flexibility index (Phi) is 5.54. The Morgan fingerprint density at radius 3 is 2.23 bits per heavy atom. The average Bonchev–Trinajstić information content (AvgIpc) is 3.30. The van der Waals surface area contributed by atoms with E-state index >= 15 is 0 Å². The normalized spacial score (nSPS) is 23.8. The molecule has 2 aromatic rings. The molecule has 0 heterocycles. The lowest BCUT2D eigenvalue weighted by molar-refractivity contribution is 0.356. The minimum atomic E-state index is 0.594. The van der Waals surface area contributed by atoms with Gasteiger partial charge in [0.25, 0.3) is 0 Å². The Labute approximate surface area is 162 Å². The first-order valence-corrected chi connectivity index (χ1v) is 10.3. The van der Waals surface area contributed by atoms with Gasteiger partial charge < -0.3 is 10.2 Å². The summed E-state index contributed by atoms with van der Waals surface area (Å²) < 4.78 is 0. The van der Waals surface area contributed by atoms with Crippen LogP contribution < -0.4 is 5.32 Å². The van der Waals surface area contributed by atoms with Gasteiger partial charge >= 0.3 is 0 Å². The van der Waals surface area contributed by atoms with Crippen molar-refractivity contribution in [3.63, 3.8) is 0 Å². The van der Waals surface area contributed by atoms with Crippen LogP contribution in [0.3, 0.4) is 0 Å². The zero-order valence-corrected chi connectivity index (χ0v) is 16.1. The van der Waals surface area contributed by atoms with Gasteiger partial charge in [-0.3, -0.25) is 0 Å². The van der Waals surface area contributed by atoms with E-state index in [1.54, 1.807) is 0 Å². The molecule has 2 aliphatic carbocycles. The number of rotatable bonds is 6. The number of hydrogen-bond donors (Lipinski definition) is 1. The topological polar surface area (TPSA) is 15.3 Å². The summed E-state index contributed by atoms with van der Waals surface area (Å²) >= 11 is 5.86. The van der Waals surface area contributed by atoms with Crippen molar-refractivity contribution in [3.8, 4) is 0 Å². The molecule has 0 aromatic heterocycles. The van der Waals surface area contributed by atoms with Crippen molar-refractivity contribution in [3.05, 3.63) is 71.8 Å². The fourth-order valence-electron chi connectivity index (χ4n) is 4.64. The lowest BCUT2D eigenvalue weighted by atomic mass is 9.95. The van der Waals surface area contributed by atoms with Crippen LogP contribution in [0.5, 0.6) is 0 Å². The van der Waals surface area contributed by atoms with E-state index in [1.165, 1.54) is 36.8 Å². The second kappa shape index (κ2) is 8.22. The van der Waals surface area contributed by atoms with E-state index < -0.39 is 0 Å². The number of fused-ring (bicyclic) bond motifs is 2. The van der Waals surface area contributed by atoms with Crippen LogP contribution >= 0.6 is 12.2 Å². The first kappa shape index (κ1) is 17.5. The van der Waals surface area contributed by atoms with Crippen LogP contribution in [0.1, 0.15) is 36.8 Å². The Morgan fingerprint density at radius 2 is 1.62 bits per heavy atom. The highest BCUT2D eigenvalue weighted by Gasteiger charge is 2.40. The molecule has 0 spiro atoms. The van der Waals surface area contributed by atoms with E-state index in [9.17, 15) is 0 Å². The maximum atomic E-state index is 5.86. The first-order chi connectivity index (χ1) is 12.8. The molecule has 2 fully saturated rings. The van der Waals surface area contributed by atoms with E-state index in [1.807, 2.05) is 0 Å². The molecule has 0 saturated heterocycles. The van der Waals surface area contributed by atoms with Crippen LogP contribution in [0, 0.1) is 11.8 Å². The summed E-state index contributed by atoms with van der Waals surface area (Å²) in [4.78, 5) is 2.35. The number of nitrogens with one attached hydrogen (secondary N) is 1. The van der Waals surface area contributed by atoms with E-state index in [2.05, 4.69) is 70.9 Å². The quantitative estimate of drug-likeness (QED) is 0.742. The summed E-state index contributed by atoms with van der Waals surface area (Å²) in [6, 6.07) is 22.0. The lowest BCUT2D eigenvalue weighted by Gasteiger charge is -2.31.